The molecule has 0 heterocycles. The molecule has 0 aromatic carbocycles. The molecule has 0 aromatic heterocycles. The molecule has 2 unspecified atom stereocenters. The standard InChI is InChI=1S/C11H24O2/c1-4-5-6-7-11(12)8-10(2)9-13-3/h10-12H,4-9H2,1-3H3. The minimum Gasteiger partial charge on any atom is -0.393 e. The lowest BCUT2D eigenvalue weighted by molar-refractivity contribution is 0.0949. The molecule has 0 fully saturated rings. The lowest BCUT2D eigenvalue weighted by Gasteiger charge is -2.15. The zero-order valence-electron chi connectivity index (χ0n) is 9.25. The predicted octanol–water partition coefficient (Wildman–Crippen LogP) is 2.60. The summed E-state index contributed by atoms with van der Waals surface area (Å²) in [5, 5.41) is 9.62. The van der Waals surface area contributed by atoms with Gasteiger partial charge in [-0.15, -0.1) is 0 Å². The van der Waals surface area contributed by atoms with E-state index in [4.69, 9.17) is 4.74 Å². The van der Waals surface area contributed by atoms with E-state index in [9.17, 15) is 5.11 Å². The Morgan fingerprint density at radius 1 is 1.31 bits per heavy atom. The lowest BCUT2D eigenvalue weighted by atomic mass is 10.0. The van der Waals surface area contributed by atoms with Crippen LogP contribution >= 0.6 is 0 Å². The number of ether oxygens (including phenoxy) is 1. The van der Waals surface area contributed by atoms with Crippen molar-refractivity contribution in [2.75, 3.05) is 13.7 Å². The Morgan fingerprint density at radius 2 is 2.00 bits per heavy atom. The molecule has 0 aromatic rings. The zero-order chi connectivity index (χ0) is 10.1. The Balaban J connectivity index is 3.32. The second-order valence-electron chi connectivity index (χ2n) is 3.95. The van der Waals surface area contributed by atoms with Gasteiger partial charge in [0.1, 0.15) is 0 Å². The summed E-state index contributed by atoms with van der Waals surface area (Å²) in [5.74, 6) is 0.474. The van der Waals surface area contributed by atoms with Gasteiger partial charge in [0.2, 0.25) is 0 Å². The van der Waals surface area contributed by atoms with E-state index in [0.29, 0.717) is 5.92 Å². The fraction of sp³-hybridized carbons (Fsp3) is 1.00. The van der Waals surface area contributed by atoms with Crippen LogP contribution in [0.5, 0.6) is 0 Å². The molecule has 0 saturated carbocycles. The molecule has 2 atom stereocenters. The summed E-state index contributed by atoms with van der Waals surface area (Å²) in [7, 11) is 1.71. The van der Waals surface area contributed by atoms with Gasteiger partial charge in [0, 0.05) is 13.7 Å². The fourth-order valence-corrected chi connectivity index (χ4v) is 1.56. The molecule has 0 aliphatic heterocycles. The Morgan fingerprint density at radius 3 is 2.54 bits per heavy atom. The molecule has 0 rings (SSSR count). The monoisotopic (exact) mass is 188 g/mol. The van der Waals surface area contributed by atoms with Crippen LogP contribution in [-0.4, -0.2) is 24.9 Å². The third-order valence-corrected chi connectivity index (χ3v) is 2.27. The Bertz CT molecular complexity index is 104. The lowest BCUT2D eigenvalue weighted by Crippen LogP contribution is -2.14. The van der Waals surface area contributed by atoms with Crippen molar-refractivity contribution in [1.29, 1.82) is 0 Å². The molecule has 1 N–H and O–H groups in total. The van der Waals surface area contributed by atoms with Crippen LogP contribution in [0.15, 0.2) is 0 Å². The number of hydrogen-bond acceptors (Lipinski definition) is 2. The van der Waals surface area contributed by atoms with Crippen molar-refractivity contribution >= 4 is 0 Å². The number of hydrogen-bond donors (Lipinski definition) is 1. The van der Waals surface area contributed by atoms with Gasteiger partial charge in [-0.1, -0.05) is 33.1 Å². The Kier molecular flexibility index (Phi) is 8.46. The first-order valence-electron chi connectivity index (χ1n) is 5.37. The molecule has 2 heteroatoms. The summed E-state index contributed by atoms with van der Waals surface area (Å²) in [6.07, 6.45) is 5.30. The van der Waals surface area contributed by atoms with Gasteiger partial charge in [-0.3, -0.25) is 0 Å². The molecule has 13 heavy (non-hydrogen) atoms. The third-order valence-electron chi connectivity index (χ3n) is 2.27. The summed E-state index contributed by atoms with van der Waals surface area (Å²) < 4.78 is 5.02. The molecule has 2 nitrogen and oxygen atoms in total. The maximum absolute atomic E-state index is 9.62. The third kappa shape index (κ3) is 8.26. The number of aliphatic hydroxyl groups excluding tert-OH is 1. The normalized spacial score (nSPS) is 15.7. The van der Waals surface area contributed by atoms with E-state index in [-0.39, 0.29) is 6.10 Å². The van der Waals surface area contributed by atoms with Gasteiger partial charge in [0.05, 0.1) is 6.10 Å². The number of aliphatic hydroxyl groups is 1. The molecule has 0 spiro atoms. The zero-order valence-corrected chi connectivity index (χ0v) is 9.25. The topological polar surface area (TPSA) is 29.5 Å². The molecular weight excluding hydrogens is 164 g/mol. The molecule has 0 aliphatic rings. The summed E-state index contributed by atoms with van der Waals surface area (Å²) in [4.78, 5) is 0. The fourth-order valence-electron chi connectivity index (χ4n) is 1.56. The first-order valence-corrected chi connectivity index (χ1v) is 5.37. The minimum atomic E-state index is -0.128. The summed E-state index contributed by atoms with van der Waals surface area (Å²) in [6.45, 7) is 5.05. The van der Waals surface area contributed by atoms with E-state index in [1.807, 2.05) is 0 Å². The Hall–Kier alpha value is -0.0800. The molecule has 0 radical (unpaired) electrons. The SMILES string of the molecule is CCCCCC(O)CC(C)COC. The van der Waals surface area contributed by atoms with Gasteiger partial charge in [-0.2, -0.15) is 0 Å². The largest absolute Gasteiger partial charge is 0.393 e. The first kappa shape index (κ1) is 12.9. The highest BCUT2D eigenvalue weighted by molar-refractivity contribution is 4.61. The second kappa shape index (κ2) is 8.52. The molecule has 0 amide bonds. The van der Waals surface area contributed by atoms with E-state index in [1.54, 1.807) is 7.11 Å². The summed E-state index contributed by atoms with van der Waals surface area (Å²) in [5.41, 5.74) is 0. The molecule has 0 aliphatic carbocycles. The predicted molar refractivity (Wildman–Crippen MR) is 55.8 cm³/mol. The Labute approximate surface area is 82.3 Å². The van der Waals surface area contributed by atoms with Gasteiger partial charge >= 0.3 is 0 Å². The van der Waals surface area contributed by atoms with Crippen LogP contribution in [-0.2, 0) is 4.74 Å². The molecule has 0 bridgehead atoms. The van der Waals surface area contributed by atoms with Crippen molar-refractivity contribution in [3.8, 4) is 0 Å². The van der Waals surface area contributed by atoms with E-state index in [1.165, 1.54) is 12.8 Å². The minimum absolute atomic E-state index is 0.128. The highest BCUT2D eigenvalue weighted by atomic mass is 16.5. The van der Waals surface area contributed by atoms with Crippen molar-refractivity contribution in [3.63, 3.8) is 0 Å². The average molecular weight is 188 g/mol. The summed E-state index contributed by atoms with van der Waals surface area (Å²) in [6, 6.07) is 0. The molecule has 80 valence electrons. The average Bonchev–Trinajstić information content (AvgIpc) is 2.05. The van der Waals surface area contributed by atoms with E-state index >= 15 is 0 Å². The van der Waals surface area contributed by atoms with Crippen LogP contribution in [0.3, 0.4) is 0 Å². The number of unbranched alkanes of at least 4 members (excludes halogenated alkanes) is 2. The van der Waals surface area contributed by atoms with Gasteiger partial charge < -0.3 is 9.84 Å². The summed E-state index contributed by atoms with van der Waals surface area (Å²) >= 11 is 0. The second-order valence-corrected chi connectivity index (χ2v) is 3.95. The van der Waals surface area contributed by atoms with Crippen molar-refractivity contribution in [1.82, 2.24) is 0 Å². The van der Waals surface area contributed by atoms with Crippen molar-refractivity contribution in [2.45, 2.75) is 52.1 Å². The highest BCUT2D eigenvalue weighted by Crippen LogP contribution is 2.12. The van der Waals surface area contributed by atoms with Gasteiger partial charge in [0.25, 0.3) is 0 Å². The van der Waals surface area contributed by atoms with Crippen LogP contribution < -0.4 is 0 Å². The van der Waals surface area contributed by atoms with Crippen LogP contribution in [0.25, 0.3) is 0 Å². The van der Waals surface area contributed by atoms with E-state index in [0.717, 1.165) is 25.9 Å². The maximum Gasteiger partial charge on any atom is 0.0543 e. The van der Waals surface area contributed by atoms with Crippen LogP contribution in [0.2, 0.25) is 0 Å². The van der Waals surface area contributed by atoms with Crippen molar-refractivity contribution in [3.05, 3.63) is 0 Å². The van der Waals surface area contributed by atoms with Crippen LogP contribution in [0.4, 0.5) is 0 Å². The number of methoxy groups -OCH3 is 1. The van der Waals surface area contributed by atoms with Gasteiger partial charge in [-0.25, -0.2) is 0 Å². The van der Waals surface area contributed by atoms with Gasteiger partial charge in [0.15, 0.2) is 0 Å². The number of rotatable bonds is 8. The van der Waals surface area contributed by atoms with Crippen molar-refractivity contribution in [2.24, 2.45) is 5.92 Å². The van der Waals surface area contributed by atoms with Gasteiger partial charge in [-0.05, 0) is 18.8 Å². The first-order chi connectivity index (χ1) is 6.20. The van der Waals surface area contributed by atoms with Crippen molar-refractivity contribution < 1.29 is 9.84 Å². The molecular formula is C11H24O2. The maximum atomic E-state index is 9.62. The van der Waals surface area contributed by atoms with E-state index < -0.39 is 0 Å². The molecule has 0 saturated heterocycles. The van der Waals surface area contributed by atoms with Crippen LogP contribution in [0, 0.1) is 5.92 Å². The smallest absolute Gasteiger partial charge is 0.0543 e. The van der Waals surface area contributed by atoms with E-state index in [2.05, 4.69) is 13.8 Å². The highest BCUT2D eigenvalue weighted by Gasteiger charge is 2.09. The quantitative estimate of drug-likeness (QED) is 0.593. The van der Waals surface area contributed by atoms with Crippen LogP contribution in [0.1, 0.15) is 46.0 Å².